The maximum atomic E-state index is 2.53. The number of fused-ring (bicyclic) bond motifs is 5. The highest BCUT2D eigenvalue weighted by atomic mass is 127. The molecule has 26 heavy (non-hydrogen) atoms. The average molecular weight is 447 g/mol. The van der Waals surface area contributed by atoms with Crippen molar-refractivity contribution in [2.45, 2.75) is 6.92 Å². The maximum absolute atomic E-state index is 2.53. The first-order valence-electron chi connectivity index (χ1n) is 8.81. The van der Waals surface area contributed by atoms with E-state index in [1.165, 1.54) is 52.8 Å². The molecule has 0 atom stereocenters. The van der Waals surface area contributed by atoms with Crippen molar-refractivity contribution in [3.63, 3.8) is 0 Å². The first-order valence-corrected chi connectivity index (χ1v) is 9.89. The molecular weight excluding hydrogens is 429 g/mol. The molecule has 0 fully saturated rings. The van der Waals surface area contributed by atoms with Crippen LogP contribution >= 0.6 is 22.6 Å². The van der Waals surface area contributed by atoms with Crippen molar-refractivity contribution in [3.8, 4) is 11.1 Å². The molecule has 0 amide bonds. The van der Waals surface area contributed by atoms with E-state index in [9.17, 15) is 0 Å². The Morgan fingerprint density at radius 2 is 1.35 bits per heavy atom. The standard InChI is InChI=1S/C24H18IN/c1-15-11-13-16(14-12-15)21-22-19-9-5-6-10-20(19)26(2)24(22)18-8-4-3-7-17(18)23(21)25/h3-14H,1-2H3. The van der Waals surface area contributed by atoms with E-state index in [2.05, 4.69) is 114 Å². The second-order valence-corrected chi connectivity index (χ2v) is 7.98. The van der Waals surface area contributed by atoms with Gasteiger partial charge in [-0.25, -0.2) is 0 Å². The number of hydrogen-bond acceptors (Lipinski definition) is 0. The van der Waals surface area contributed by atoms with Gasteiger partial charge in [0.15, 0.2) is 0 Å². The SMILES string of the molecule is Cc1ccc(-c2c(I)c3ccccc3c3c2c2ccccc2n3C)cc1. The largest absolute Gasteiger partial charge is 0.343 e. The van der Waals surface area contributed by atoms with Gasteiger partial charge in [-0.1, -0.05) is 72.3 Å². The van der Waals surface area contributed by atoms with Gasteiger partial charge in [0.25, 0.3) is 0 Å². The molecule has 2 heteroatoms. The summed E-state index contributed by atoms with van der Waals surface area (Å²) in [6.07, 6.45) is 0. The normalized spacial score (nSPS) is 11.7. The summed E-state index contributed by atoms with van der Waals surface area (Å²) in [6.45, 7) is 2.14. The Hall–Kier alpha value is -2.33. The van der Waals surface area contributed by atoms with E-state index in [4.69, 9.17) is 0 Å². The highest BCUT2D eigenvalue weighted by molar-refractivity contribution is 14.1. The average Bonchev–Trinajstić information content (AvgIpc) is 2.97. The summed E-state index contributed by atoms with van der Waals surface area (Å²) in [7, 11) is 2.18. The van der Waals surface area contributed by atoms with Gasteiger partial charge in [0.1, 0.15) is 0 Å². The summed E-state index contributed by atoms with van der Waals surface area (Å²) in [5.41, 5.74) is 6.52. The minimum atomic E-state index is 1.28. The third-order valence-electron chi connectivity index (χ3n) is 5.34. The molecule has 5 rings (SSSR count). The number of aryl methyl sites for hydroxylation is 2. The molecule has 4 aromatic carbocycles. The molecule has 0 N–H and O–H groups in total. The zero-order chi connectivity index (χ0) is 17.8. The third kappa shape index (κ3) is 2.15. The Morgan fingerprint density at radius 3 is 2.08 bits per heavy atom. The number of rotatable bonds is 1. The Bertz CT molecular complexity index is 1290. The number of para-hydroxylation sites is 1. The van der Waals surface area contributed by atoms with Gasteiger partial charge in [0.05, 0.1) is 5.52 Å². The first-order chi connectivity index (χ1) is 12.7. The van der Waals surface area contributed by atoms with E-state index < -0.39 is 0 Å². The van der Waals surface area contributed by atoms with Crippen LogP contribution in [0.4, 0.5) is 0 Å². The molecule has 0 bridgehead atoms. The first kappa shape index (κ1) is 15.9. The molecule has 126 valence electrons. The van der Waals surface area contributed by atoms with Crippen molar-refractivity contribution in [2.75, 3.05) is 0 Å². The summed E-state index contributed by atoms with van der Waals surface area (Å²) in [5.74, 6) is 0. The molecule has 0 unspecified atom stereocenters. The lowest BCUT2D eigenvalue weighted by Gasteiger charge is -2.13. The fourth-order valence-corrected chi connectivity index (χ4v) is 5.13. The molecular formula is C24H18IN. The van der Waals surface area contributed by atoms with Crippen LogP contribution in [0, 0.1) is 10.5 Å². The fourth-order valence-electron chi connectivity index (χ4n) is 4.08. The quantitative estimate of drug-likeness (QED) is 0.242. The lowest BCUT2D eigenvalue weighted by Crippen LogP contribution is -1.92. The monoisotopic (exact) mass is 447 g/mol. The van der Waals surface area contributed by atoms with Crippen LogP contribution in [0.5, 0.6) is 0 Å². The summed E-state index contributed by atoms with van der Waals surface area (Å²) in [6, 6.07) is 26.4. The molecule has 1 aromatic heterocycles. The molecule has 0 saturated heterocycles. The van der Waals surface area contributed by atoms with Crippen LogP contribution in [0.15, 0.2) is 72.8 Å². The smallest absolute Gasteiger partial charge is 0.0575 e. The van der Waals surface area contributed by atoms with Crippen molar-refractivity contribution in [1.29, 1.82) is 0 Å². The summed E-state index contributed by atoms with van der Waals surface area (Å²) >= 11 is 2.53. The minimum absolute atomic E-state index is 1.28. The number of hydrogen-bond donors (Lipinski definition) is 0. The Kier molecular flexibility index (Phi) is 3.57. The van der Waals surface area contributed by atoms with E-state index >= 15 is 0 Å². The van der Waals surface area contributed by atoms with Crippen LogP contribution < -0.4 is 0 Å². The van der Waals surface area contributed by atoms with Gasteiger partial charge >= 0.3 is 0 Å². The number of halogens is 1. The van der Waals surface area contributed by atoms with Crippen LogP contribution in [0.25, 0.3) is 43.7 Å². The van der Waals surface area contributed by atoms with Gasteiger partial charge in [-0.3, -0.25) is 0 Å². The number of aromatic nitrogens is 1. The zero-order valence-electron chi connectivity index (χ0n) is 14.8. The van der Waals surface area contributed by atoms with Crippen molar-refractivity contribution >= 4 is 55.2 Å². The van der Waals surface area contributed by atoms with E-state index in [1.54, 1.807) is 0 Å². The molecule has 0 aliphatic rings. The van der Waals surface area contributed by atoms with E-state index in [0.717, 1.165) is 0 Å². The predicted octanol–water partition coefficient (Wildman–Crippen LogP) is 7.06. The van der Waals surface area contributed by atoms with Gasteiger partial charge in [-0.15, -0.1) is 0 Å². The number of nitrogens with zero attached hydrogens (tertiary/aromatic N) is 1. The third-order valence-corrected chi connectivity index (χ3v) is 6.46. The van der Waals surface area contributed by atoms with Crippen LogP contribution in [0.1, 0.15) is 5.56 Å². The second-order valence-electron chi connectivity index (χ2n) is 6.90. The van der Waals surface area contributed by atoms with Crippen LogP contribution in [-0.4, -0.2) is 4.57 Å². The number of benzene rings is 4. The van der Waals surface area contributed by atoms with Crippen molar-refractivity contribution in [2.24, 2.45) is 7.05 Å². The molecule has 1 heterocycles. The molecule has 0 spiro atoms. The summed E-state index contributed by atoms with van der Waals surface area (Å²) in [4.78, 5) is 0. The summed E-state index contributed by atoms with van der Waals surface area (Å²) in [5, 5.41) is 5.32. The van der Waals surface area contributed by atoms with Crippen molar-refractivity contribution < 1.29 is 0 Å². The highest BCUT2D eigenvalue weighted by Crippen LogP contribution is 2.43. The van der Waals surface area contributed by atoms with Gasteiger partial charge in [-0.05, 0) is 46.5 Å². The maximum Gasteiger partial charge on any atom is 0.0575 e. The van der Waals surface area contributed by atoms with Crippen LogP contribution in [-0.2, 0) is 7.05 Å². The Labute approximate surface area is 166 Å². The highest BCUT2D eigenvalue weighted by Gasteiger charge is 2.19. The molecule has 1 nitrogen and oxygen atoms in total. The van der Waals surface area contributed by atoms with E-state index in [1.807, 2.05) is 0 Å². The van der Waals surface area contributed by atoms with E-state index in [0.29, 0.717) is 0 Å². The Balaban J connectivity index is 2.11. The topological polar surface area (TPSA) is 4.93 Å². The van der Waals surface area contributed by atoms with Gasteiger partial charge in [-0.2, -0.15) is 0 Å². The van der Waals surface area contributed by atoms with Gasteiger partial charge < -0.3 is 4.57 Å². The van der Waals surface area contributed by atoms with Crippen molar-refractivity contribution in [3.05, 3.63) is 81.9 Å². The van der Waals surface area contributed by atoms with E-state index in [-0.39, 0.29) is 0 Å². The summed E-state index contributed by atoms with van der Waals surface area (Å²) < 4.78 is 3.67. The minimum Gasteiger partial charge on any atom is -0.343 e. The Morgan fingerprint density at radius 1 is 0.731 bits per heavy atom. The lowest BCUT2D eigenvalue weighted by atomic mass is 9.95. The molecule has 0 aliphatic heterocycles. The predicted molar refractivity (Wildman–Crippen MR) is 121 cm³/mol. The second kappa shape index (κ2) is 5.85. The van der Waals surface area contributed by atoms with Crippen LogP contribution in [0.3, 0.4) is 0 Å². The van der Waals surface area contributed by atoms with Crippen molar-refractivity contribution in [1.82, 2.24) is 4.57 Å². The molecule has 5 aromatic rings. The molecule has 0 radical (unpaired) electrons. The molecule has 0 saturated carbocycles. The van der Waals surface area contributed by atoms with Gasteiger partial charge in [0.2, 0.25) is 0 Å². The van der Waals surface area contributed by atoms with Gasteiger partial charge in [0, 0.05) is 37.9 Å². The van der Waals surface area contributed by atoms with Crippen LogP contribution in [0.2, 0.25) is 0 Å². The lowest BCUT2D eigenvalue weighted by molar-refractivity contribution is 1.02. The molecule has 0 aliphatic carbocycles. The fraction of sp³-hybridized carbons (Fsp3) is 0.0833. The zero-order valence-corrected chi connectivity index (χ0v) is 16.9.